The second kappa shape index (κ2) is 6.68. The Bertz CT molecular complexity index is 1080. The van der Waals surface area contributed by atoms with E-state index in [2.05, 4.69) is 20.2 Å². The first kappa shape index (κ1) is 16.4. The number of Topliss-reactive ketones (excluding diaryl/α,β-unsaturated/α-hetero) is 1. The molecule has 0 aliphatic heterocycles. The molecule has 0 aliphatic rings. The first-order chi connectivity index (χ1) is 12.6. The van der Waals surface area contributed by atoms with Crippen molar-refractivity contribution in [2.24, 2.45) is 0 Å². The van der Waals surface area contributed by atoms with Crippen LogP contribution in [-0.2, 0) is 13.1 Å². The van der Waals surface area contributed by atoms with Crippen molar-refractivity contribution >= 4 is 28.4 Å². The van der Waals surface area contributed by atoms with Crippen LogP contribution in [0.4, 0.5) is 0 Å². The van der Waals surface area contributed by atoms with Gasteiger partial charge in [0.15, 0.2) is 11.4 Å². The summed E-state index contributed by atoms with van der Waals surface area (Å²) in [5, 5.41) is 9.77. The zero-order valence-corrected chi connectivity index (χ0v) is 14.8. The molecule has 0 spiro atoms. The van der Waals surface area contributed by atoms with Crippen molar-refractivity contribution in [3.8, 4) is 0 Å². The summed E-state index contributed by atoms with van der Waals surface area (Å²) >= 11 is 6.06. The molecule has 0 saturated heterocycles. The van der Waals surface area contributed by atoms with E-state index < -0.39 is 0 Å². The topological polar surface area (TPSA) is 78.5 Å². The molecular weight excluding hydrogens is 352 g/mol. The van der Waals surface area contributed by atoms with Gasteiger partial charge in [-0.3, -0.25) is 14.2 Å². The molecule has 4 aromatic rings. The van der Waals surface area contributed by atoms with E-state index in [0.717, 1.165) is 16.5 Å². The molecule has 0 saturated carbocycles. The minimum Gasteiger partial charge on any atom is -0.294 e. The number of hydrogen-bond acceptors (Lipinski definition) is 5. The van der Waals surface area contributed by atoms with Crippen molar-refractivity contribution in [1.29, 1.82) is 0 Å². The van der Waals surface area contributed by atoms with Crippen LogP contribution < -0.4 is 0 Å². The first-order valence-corrected chi connectivity index (χ1v) is 8.41. The number of hydrogen-bond donors (Lipinski definition) is 0. The maximum Gasteiger partial charge on any atom is 0.185 e. The van der Waals surface area contributed by atoms with E-state index in [9.17, 15) is 4.79 Å². The Balaban J connectivity index is 1.48. The summed E-state index contributed by atoms with van der Waals surface area (Å²) in [4.78, 5) is 19.4. The van der Waals surface area contributed by atoms with Crippen molar-refractivity contribution in [2.75, 3.05) is 0 Å². The number of carbonyl (C=O) groups excluding carboxylic acids is 1. The van der Waals surface area contributed by atoms with E-state index in [1.165, 1.54) is 13.3 Å². The third-order valence-electron chi connectivity index (χ3n) is 4.07. The molecule has 0 bridgehead atoms. The summed E-state index contributed by atoms with van der Waals surface area (Å²) in [6, 6.07) is 8.18. The van der Waals surface area contributed by atoms with Crippen molar-refractivity contribution in [1.82, 2.24) is 29.5 Å². The van der Waals surface area contributed by atoms with Gasteiger partial charge in [-0.05, 0) is 18.1 Å². The fourth-order valence-corrected chi connectivity index (χ4v) is 2.87. The highest BCUT2D eigenvalue weighted by molar-refractivity contribution is 6.33. The van der Waals surface area contributed by atoms with E-state index in [4.69, 9.17) is 11.6 Å². The fraction of sp³-hybridized carbons (Fsp3) is 0.167. The Morgan fingerprint density at radius 2 is 1.73 bits per heavy atom. The van der Waals surface area contributed by atoms with Gasteiger partial charge < -0.3 is 0 Å². The molecule has 4 rings (SSSR count). The number of fused-ring (bicyclic) bond motifs is 1. The maximum atomic E-state index is 11.3. The van der Waals surface area contributed by atoms with Gasteiger partial charge >= 0.3 is 0 Å². The summed E-state index contributed by atoms with van der Waals surface area (Å²) in [5.74, 6) is 0.0167. The molecule has 26 heavy (non-hydrogen) atoms. The van der Waals surface area contributed by atoms with E-state index >= 15 is 0 Å². The Morgan fingerprint density at radius 1 is 1.04 bits per heavy atom. The molecule has 0 fully saturated rings. The molecule has 0 aliphatic carbocycles. The van der Waals surface area contributed by atoms with E-state index in [1.807, 2.05) is 30.5 Å². The largest absolute Gasteiger partial charge is 0.294 e. The number of benzene rings is 1. The van der Waals surface area contributed by atoms with Crippen LogP contribution in [0.15, 0.2) is 49.2 Å². The van der Waals surface area contributed by atoms with Gasteiger partial charge in [0.25, 0.3) is 0 Å². The van der Waals surface area contributed by atoms with Crippen LogP contribution in [0.3, 0.4) is 0 Å². The molecule has 8 heteroatoms. The lowest BCUT2D eigenvalue weighted by molar-refractivity contribution is 0.101. The quantitative estimate of drug-likeness (QED) is 0.401. The molecule has 0 atom stereocenters. The van der Waals surface area contributed by atoms with Gasteiger partial charge in [-0.2, -0.15) is 10.2 Å². The smallest absolute Gasteiger partial charge is 0.185 e. The number of rotatable bonds is 5. The van der Waals surface area contributed by atoms with E-state index in [-0.39, 0.29) is 5.78 Å². The predicted octanol–water partition coefficient (Wildman–Crippen LogP) is 2.98. The number of aromatic nitrogens is 6. The number of halogens is 1. The molecule has 3 heterocycles. The van der Waals surface area contributed by atoms with E-state index in [1.54, 1.807) is 21.8 Å². The van der Waals surface area contributed by atoms with Crippen LogP contribution in [0.5, 0.6) is 0 Å². The molecule has 7 nitrogen and oxygen atoms in total. The zero-order valence-electron chi connectivity index (χ0n) is 14.0. The lowest BCUT2D eigenvalue weighted by atomic mass is 10.1. The molecule has 1 aromatic carbocycles. The third-order valence-corrected chi connectivity index (χ3v) is 4.37. The van der Waals surface area contributed by atoms with Gasteiger partial charge in [0.2, 0.25) is 0 Å². The molecule has 0 radical (unpaired) electrons. The lowest BCUT2D eigenvalue weighted by Crippen LogP contribution is -2.02. The van der Waals surface area contributed by atoms with Crippen LogP contribution in [0.25, 0.3) is 11.0 Å². The normalized spacial score (nSPS) is 11.2. The maximum absolute atomic E-state index is 11.3. The lowest BCUT2D eigenvalue weighted by Gasteiger charge is -2.05. The molecule has 0 N–H and O–H groups in total. The van der Waals surface area contributed by atoms with Crippen LogP contribution in [0.2, 0.25) is 5.15 Å². The molecule has 0 amide bonds. The third kappa shape index (κ3) is 3.34. The minimum atomic E-state index is 0.0167. The standard InChI is InChI=1S/C18H15ClN6O/c1-12(26)15-6-22-24(9-15)7-13-2-4-14(5-3-13)8-25-10-16-17(19)20-11-21-18(16)23-25/h2-6,9-11H,7-8H2,1H3. The Morgan fingerprint density at radius 3 is 2.35 bits per heavy atom. The number of nitrogens with zero attached hydrogens (tertiary/aromatic N) is 6. The molecular formula is C18H15ClN6O. The highest BCUT2D eigenvalue weighted by Crippen LogP contribution is 2.18. The Hall–Kier alpha value is -3.06. The number of ketones is 1. The highest BCUT2D eigenvalue weighted by atomic mass is 35.5. The van der Waals surface area contributed by atoms with E-state index in [0.29, 0.717) is 29.5 Å². The van der Waals surface area contributed by atoms with Crippen molar-refractivity contribution < 1.29 is 4.79 Å². The van der Waals surface area contributed by atoms with Crippen molar-refractivity contribution in [3.63, 3.8) is 0 Å². The van der Waals surface area contributed by atoms with Crippen molar-refractivity contribution in [3.05, 3.63) is 71.0 Å². The summed E-state index contributed by atoms with van der Waals surface area (Å²) < 4.78 is 3.56. The van der Waals surface area contributed by atoms with Gasteiger partial charge in [-0.1, -0.05) is 35.9 Å². The summed E-state index contributed by atoms with van der Waals surface area (Å²) in [7, 11) is 0. The minimum absolute atomic E-state index is 0.0167. The van der Waals surface area contributed by atoms with Crippen LogP contribution in [0, 0.1) is 0 Å². The van der Waals surface area contributed by atoms with Gasteiger partial charge in [-0.25, -0.2) is 9.97 Å². The second-order valence-electron chi connectivity index (χ2n) is 6.03. The average Bonchev–Trinajstić information content (AvgIpc) is 3.24. The summed E-state index contributed by atoms with van der Waals surface area (Å²) in [5.41, 5.74) is 3.41. The van der Waals surface area contributed by atoms with Gasteiger partial charge in [0.05, 0.1) is 30.2 Å². The monoisotopic (exact) mass is 366 g/mol. The Labute approximate surface area is 154 Å². The SMILES string of the molecule is CC(=O)c1cnn(Cc2ccc(Cn3cc4c(Cl)ncnc4n3)cc2)c1. The highest BCUT2D eigenvalue weighted by Gasteiger charge is 2.07. The van der Waals surface area contributed by atoms with Crippen molar-refractivity contribution in [2.45, 2.75) is 20.0 Å². The van der Waals surface area contributed by atoms with Crippen LogP contribution >= 0.6 is 11.6 Å². The summed E-state index contributed by atoms with van der Waals surface area (Å²) in [6.07, 6.45) is 6.60. The predicted molar refractivity (Wildman–Crippen MR) is 97.2 cm³/mol. The average molecular weight is 367 g/mol. The molecule has 3 aromatic heterocycles. The Kier molecular flexibility index (Phi) is 4.22. The zero-order chi connectivity index (χ0) is 18.1. The first-order valence-electron chi connectivity index (χ1n) is 8.03. The molecule has 0 unspecified atom stereocenters. The van der Waals surface area contributed by atoms with Gasteiger partial charge in [-0.15, -0.1) is 0 Å². The number of carbonyl (C=O) groups is 1. The second-order valence-corrected chi connectivity index (χ2v) is 6.39. The van der Waals surface area contributed by atoms with Gasteiger partial charge in [0.1, 0.15) is 11.5 Å². The van der Waals surface area contributed by atoms with Gasteiger partial charge in [0, 0.05) is 12.4 Å². The summed E-state index contributed by atoms with van der Waals surface area (Å²) in [6.45, 7) is 2.77. The fourth-order valence-electron chi connectivity index (χ4n) is 2.69. The molecule has 130 valence electrons. The van der Waals surface area contributed by atoms with Crippen LogP contribution in [0.1, 0.15) is 28.4 Å². The van der Waals surface area contributed by atoms with Crippen LogP contribution in [-0.4, -0.2) is 35.3 Å².